The fraction of sp³-hybridized carbons (Fsp3) is 0.667. The average Bonchev–Trinajstić information content (AvgIpc) is 3.19. The second kappa shape index (κ2) is 5.82. The molecule has 1 fully saturated rings. The quantitative estimate of drug-likeness (QED) is 0.870. The summed E-state index contributed by atoms with van der Waals surface area (Å²) in [5.74, 6) is 1.13. The number of methoxy groups -OCH3 is 1. The second-order valence-electron chi connectivity index (χ2n) is 4.68. The molecule has 1 aliphatic carbocycles. The molecule has 1 aromatic heterocycles. The molecule has 1 aliphatic rings. The number of ether oxygens (including phenoxy) is 1. The van der Waals surface area contributed by atoms with E-state index in [1.807, 2.05) is 0 Å². The molecule has 0 unspecified atom stereocenters. The van der Waals surface area contributed by atoms with Gasteiger partial charge in [0.2, 0.25) is 0 Å². The first-order chi connectivity index (χ1) is 9.43. The Hall–Kier alpha value is -1.57. The molecule has 20 heavy (non-hydrogen) atoms. The maximum Gasteiger partial charge on any atom is 0.405 e. The normalized spacial score (nSPS) is 15.2. The van der Waals surface area contributed by atoms with Crippen LogP contribution in [0.3, 0.4) is 0 Å². The summed E-state index contributed by atoms with van der Waals surface area (Å²) < 4.78 is 43.0. The van der Waals surface area contributed by atoms with E-state index in [1.165, 1.54) is 18.1 Å². The lowest BCUT2D eigenvalue weighted by Crippen LogP contribution is -2.36. The van der Waals surface area contributed by atoms with E-state index in [9.17, 15) is 13.2 Å². The second-order valence-corrected chi connectivity index (χ2v) is 4.68. The van der Waals surface area contributed by atoms with Gasteiger partial charge in [-0.1, -0.05) is 0 Å². The van der Waals surface area contributed by atoms with Gasteiger partial charge in [-0.3, -0.25) is 0 Å². The topological polar surface area (TPSA) is 50.3 Å². The number of hydrogen-bond acceptors (Lipinski definition) is 5. The molecule has 0 bridgehead atoms. The van der Waals surface area contributed by atoms with E-state index in [2.05, 4.69) is 15.3 Å². The summed E-state index contributed by atoms with van der Waals surface area (Å²) in [5.41, 5.74) is 0. The standard InChI is InChI=1S/C12H17F3N4O/c1-16-9-5-11(18-10(17-9)6-20-2)19(8-3-4-8)7-12(13,14)15/h5,8H,3-4,6-7H2,1-2H3,(H,16,17,18). The molecule has 0 aromatic carbocycles. The number of rotatable bonds is 6. The molecule has 1 saturated carbocycles. The predicted molar refractivity (Wildman–Crippen MR) is 68.7 cm³/mol. The van der Waals surface area contributed by atoms with Gasteiger partial charge >= 0.3 is 6.18 Å². The summed E-state index contributed by atoms with van der Waals surface area (Å²) in [6.45, 7) is -0.836. The van der Waals surface area contributed by atoms with Crippen LogP contribution in [0, 0.1) is 0 Å². The van der Waals surface area contributed by atoms with Crippen molar-refractivity contribution in [1.29, 1.82) is 0 Å². The lowest BCUT2D eigenvalue weighted by Gasteiger charge is -2.25. The van der Waals surface area contributed by atoms with Crippen LogP contribution < -0.4 is 10.2 Å². The molecule has 0 spiro atoms. The Balaban J connectivity index is 2.29. The smallest absolute Gasteiger partial charge is 0.377 e. The maximum absolute atomic E-state index is 12.7. The van der Waals surface area contributed by atoms with Gasteiger partial charge in [0.05, 0.1) is 0 Å². The van der Waals surface area contributed by atoms with E-state index in [0.29, 0.717) is 11.6 Å². The van der Waals surface area contributed by atoms with Gasteiger partial charge in [-0.25, -0.2) is 9.97 Å². The Kier molecular flexibility index (Phi) is 4.32. The van der Waals surface area contributed by atoms with Crippen LogP contribution in [0.5, 0.6) is 0 Å². The number of nitrogens with one attached hydrogen (secondary N) is 1. The number of alkyl halides is 3. The highest BCUT2D eigenvalue weighted by Gasteiger charge is 2.39. The van der Waals surface area contributed by atoms with Gasteiger partial charge in [0, 0.05) is 26.3 Å². The van der Waals surface area contributed by atoms with Crippen molar-refractivity contribution in [3.05, 3.63) is 11.9 Å². The van der Waals surface area contributed by atoms with Gasteiger partial charge in [0.1, 0.15) is 24.8 Å². The highest BCUT2D eigenvalue weighted by atomic mass is 19.4. The minimum atomic E-state index is -4.26. The molecular weight excluding hydrogens is 273 g/mol. The van der Waals surface area contributed by atoms with E-state index in [-0.39, 0.29) is 18.5 Å². The molecular formula is C12H17F3N4O. The molecule has 1 heterocycles. The van der Waals surface area contributed by atoms with Crippen LogP contribution in [0.15, 0.2) is 6.07 Å². The van der Waals surface area contributed by atoms with Crippen LogP contribution in [0.2, 0.25) is 0 Å². The fourth-order valence-electron chi connectivity index (χ4n) is 1.93. The summed E-state index contributed by atoms with van der Waals surface area (Å²) in [6, 6.07) is 1.44. The lowest BCUT2D eigenvalue weighted by atomic mass is 10.4. The van der Waals surface area contributed by atoms with E-state index >= 15 is 0 Å². The van der Waals surface area contributed by atoms with Crippen LogP contribution in [0.1, 0.15) is 18.7 Å². The van der Waals surface area contributed by atoms with Crippen LogP contribution in [-0.2, 0) is 11.3 Å². The first-order valence-corrected chi connectivity index (χ1v) is 6.31. The number of hydrogen-bond donors (Lipinski definition) is 1. The third-order valence-corrected chi connectivity index (χ3v) is 2.92. The highest BCUT2D eigenvalue weighted by Crippen LogP contribution is 2.34. The largest absolute Gasteiger partial charge is 0.405 e. The fourth-order valence-corrected chi connectivity index (χ4v) is 1.93. The predicted octanol–water partition coefficient (Wildman–Crippen LogP) is 2.20. The van der Waals surface area contributed by atoms with E-state index in [1.54, 1.807) is 7.05 Å². The maximum atomic E-state index is 12.7. The SMILES string of the molecule is CNc1cc(N(CC(F)(F)F)C2CC2)nc(COC)n1. The Labute approximate surface area is 115 Å². The van der Waals surface area contributed by atoms with Crippen LogP contribution >= 0.6 is 0 Å². The van der Waals surface area contributed by atoms with Crippen LogP contribution in [-0.4, -0.2) is 42.9 Å². The van der Waals surface area contributed by atoms with Crippen molar-refractivity contribution in [3.63, 3.8) is 0 Å². The van der Waals surface area contributed by atoms with Gasteiger partial charge in [-0.05, 0) is 12.8 Å². The van der Waals surface area contributed by atoms with Crippen molar-refractivity contribution in [2.24, 2.45) is 0 Å². The zero-order valence-electron chi connectivity index (χ0n) is 11.4. The van der Waals surface area contributed by atoms with Crippen molar-refractivity contribution in [2.75, 3.05) is 30.9 Å². The van der Waals surface area contributed by atoms with Crippen molar-refractivity contribution in [2.45, 2.75) is 31.7 Å². The average molecular weight is 290 g/mol. The first-order valence-electron chi connectivity index (χ1n) is 6.31. The van der Waals surface area contributed by atoms with E-state index in [0.717, 1.165) is 12.8 Å². The molecule has 1 aromatic rings. The first kappa shape index (κ1) is 14.8. The van der Waals surface area contributed by atoms with Crippen molar-refractivity contribution in [3.8, 4) is 0 Å². The van der Waals surface area contributed by atoms with Crippen LogP contribution in [0.25, 0.3) is 0 Å². The van der Waals surface area contributed by atoms with Gasteiger partial charge in [0.15, 0.2) is 5.82 Å². The molecule has 0 amide bonds. The summed E-state index contributed by atoms with van der Waals surface area (Å²) in [4.78, 5) is 9.61. The number of nitrogens with zero attached hydrogens (tertiary/aromatic N) is 3. The Bertz CT molecular complexity index is 463. The van der Waals surface area contributed by atoms with Gasteiger partial charge in [-0.15, -0.1) is 0 Å². The Morgan fingerprint density at radius 3 is 2.60 bits per heavy atom. The van der Waals surface area contributed by atoms with Gasteiger partial charge in [-0.2, -0.15) is 13.2 Å². The summed E-state index contributed by atoms with van der Waals surface area (Å²) in [5, 5.41) is 2.83. The lowest BCUT2D eigenvalue weighted by molar-refractivity contribution is -0.120. The third-order valence-electron chi connectivity index (χ3n) is 2.92. The summed E-state index contributed by atoms with van der Waals surface area (Å²) >= 11 is 0. The van der Waals surface area contributed by atoms with Crippen molar-refractivity contribution in [1.82, 2.24) is 9.97 Å². The molecule has 8 heteroatoms. The summed E-state index contributed by atoms with van der Waals surface area (Å²) in [7, 11) is 3.15. The zero-order chi connectivity index (χ0) is 14.8. The molecule has 0 aliphatic heterocycles. The molecule has 2 rings (SSSR count). The molecule has 112 valence electrons. The van der Waals surface area contributed by atoms with Gasteiger partial charge < -0.3 is 15.0 Å². The molecule has 5 nitrogen and oxygen atoms in total. The molecule has 0 radical (unpaired) electrons. The number of halogens is 3. The Morgan fingerprint density at radius 2 is 2.10 bits per heavy atom. The Morgan fingerprint density at radius 1 is 1.40 bits per heavy atom. The third kappa shape index (κ3) is 3.96. The van der Waals surface area contributed by atoms with Crippen molar-refractivity contribution >= 4 is 11.6 Å². The molecule has 0 saturated heterocycles. The highest BCUT2D eigenvalue weighted by molar-refractivity contribution is 5.50. The van der Waals surface area contributed by atoms with Crippen molar-refractivity contribution < 1.29 is 17.9 Å². The zero-order valence-corrected chi connectivity index (χ0v) is 11.4. The molecule has 0 atom stereocenters. The van der Waals surface area contributed by atoms with E-state index < -0.39 is 12.7 Å². The van der Waals surface area contributed by atoms with E-state index in [4.69, 9.17) is 4.74 Å². The monoisotopic (exact) mass is 290 g/mol. The van der Waals surface area contributed by atoms with Crippen LogP contribution in [0.4, 0.5) is 24.8 Å². The number of anilines is 2. The molecule has 1 N–H and O–H groups in total. The van der Waals surface area contributed by atoms with Gasteiger partial charge in [0.25, 0.3) is 0 Å². The minimum absolute atomic E-state index is 0.0911. The minimum Gasteiger partial charge on any atom is -0.377 e. The summed E-state index contributed by atoms with van der Waals surface area (Å²) in [6.07, 6.45) is -2.74. The number of aromatic nitrogens is 2.